The summed E-state index contributed by atoms with van der Waals surface area (Å²) in [6.07, 6.45) is 8.48. The summed E-state index contributed by atoms with van der Waals surface area (Å²) in [6, 6.07) is 18.3. The molecule has 1 unspecified atom stereocenters. The van der Waals surface area contributed by atoms with Gasteiger partial charge in [-0.05, 0) is 35.7 Å². The Morgan fingerprint density at radius 3 is 2.78 bits per heavy atom. The average molecular weight is 427 g/mol. The van der Waals surface area contributed by atoms with Crippen LogP contribution in [0.25, 0.3) is 22.0 Å². The minimum Gasteiger partial charge on any atom is -0.394 e. The molecule has 0 aliphatic rings. The highest BCUT2D eigenvalue weighted by Gasteiger charge is 2.13. The van der Waals surface area contributed by atoms with E-state index >= 15 is 0 Å². The van der Waals surface area contributed by atoms with Crippen LogP contribution >= 0.6 is 0 Å². The van der Waals surface area contributed by atoms with Crippen LogP contribution in [-0.2, 0) is 13.0 Å². The summed E-state index contributed by atoms with van der Waals surface area (Å²) in [5.74, 6) is 0.477. The van der Waals surface area contributed by atoms with Crippen LogP contribution in [-0.4, -0.2) is 37.3 Å². The molecule has 0 bridgehead atoms. The lowest BCUT2D eigenvalue weighted by atomic mass is 10.1. The molecule has 0 saturated heterocycles. The smallest absolute Gasteiger partial charge is 0.223 e. The van der Waals surface area contributed by atoms with Gasteiger partial charge in [-0.2, -0.15) is 5.26 Å². The molecule has 0 radical (unpaired) electrons. The molecule has 0 spiro atoms. The van der Waals surface area contributed by atoms with E-state index in [1.165, 1.54) is 5.39 Å². The van der Waals surface area contributed by atoms with Gasteiger partial charge < -0.3 is 15.0 Å². The summed E-state index contributed by atoms with van der Waals surface area (Å²) in [4.78, 5) is 13.4. The number of aliphatic hydroxyl groups is 1. The van der Waals surface area contributed by atoms with Crippen LogP contribution in [0.3, 0.4) is 0 Å². The highest BCUT2D eigenvalue weighted by Crippen LogP contribution is 2.23. The summed E-state index contributed by atoms with van der Waals surface area (Å²) in [5.41, 5.74) is 2.74. The molecule has 2 heterocycles. The van der Waals surface area contributed by atoms with Gasteiger partial charge in [0.05, 0.1) is 36.4 Å². The van der Waals surface area contributed by atoms with Crippen LogP contribution in [0.15, 0.2) is 67.3 Å². The molecule has 0 fully saturated rings. The van der Waals surface area contributed by atoms with Gasteiger partial charge >= 0.3 is 0 Å². The molecule has 0 aliphatic carbocycles. The summed E-state index contributed by atoms with van der Waals surface area (Å²) in [6.45, 7) is 0.779. The Labute approximate surface area is 187 Å². The number of imidazole rings is 1. The molecule has 162 valence electrons. The van der Waals surface area contributed by atoms with Gasteiger partial charge in [-0.15, -0.1) is 0 Å². The van der Waals surface area contributed by atoms with E-state index in [1.807, 2.05) is 29.0 Å². The predicted octanol–water partition coefficient (Wildman–Crippen LogP) is 4.20. The van der Waals surface area contributed by atoms with E-state index < -0.39 is 0 Å². The third-order valence-corrected chi connectivity index (χ3v) is 5.35. The monoisotopic (exact) mass is 426 g/mol. The molecule has 7 heteroatoms. The lowest BCUT2D eigenvalue weighted by Gasteiger charge is -2.15. The van der Waals surface area contributed by atoms with Crippen molar-refractivity contribution in [2.75, 3.05) is 11.9 Å². The highest BCUT2D eigenvalue weighted by atomic mass is 16.3. The maximum Gasteiger partial charge on any atom is 0.223 e. The number of aliphatic hydroxyl groups excluding tert-OH is 1. The largest absolute Gasteiger partial charge is 0.394 e. The number of anilines is 1. The molecule has 2 aromatic heterocycles. The van der Waals surface area contributed by atoms with Crippen molar-refractivity contribution in [3.8, 4) is 17.3 Å². The molecule has 0 saturated carbocycles. The van der Waals surface area contributed by atoms with Gasteiger partial charge in [0, 0.05) is 37.3 Å². The zero-order valence-electron chi connectivity index (χ0n) is 17.9. The lowest BCUT2D eigenvalue weighted by Crippen LogP contribution is -2.27. The Hall–Kier alpha value is -3.76. The number of hydrogen-bond acceptors (Lipinski definition) is 6. The van der Waals surface area contributed by atoms with Crippen molar-refractivity contribution in [1.82, 2.24) is 19.5 Å². The third-order valence-electron chi connectivity index (χ3n) is 5.35. The fraction of sp³-hybridized carbons (Fsp3) is 0.280. The maximum atomic E-state index is 9.88. The Morgan fingerprint density at radius 1 is 1.06 bits per heavy atom. The van der Waals surface area contributed by atoms with Crippen LogP contribution < -0.4 is 5.32 Å². The number of rotatable bonds is 10. The number of aromatic nitrogens is 4. The number of aryl methyl sites for hydroxylation is 1. The first-order valence-corrected chi connectivity index (χ1v) is 10.8. The van der Waals surface area contributed by atoms with Crippen LogP contribution in [0.1, 0.15) is 25.0 Å². The van der Waals surface area contributed by atoms with Gasteiger partial charge in [-0.25, -0.2) is 15.0 Å². The fourth-order valence-electron chi connectivity index (χ4n) is 3.67. The Bertz CT molecular complexity index is 1210. The van der Waals surface area contributed by atoms with Gasteiger partial charge in [-0.1, -0.05) is 36.4 Å². The zero-order valence-corrected chi connectivity index (χ0v) is 17.9. The van der Waals surface area contributed by atoms with Gasteiger partial charge in [-0.3, -0.25) is 0 Å². The molecular weight excluding hydrogens is 400 g/mol. The number of nitrogens with one attached hydrogen (secondary N) is 1. The van der Waals surface area contributed by atoms with E-state index in [-0.39, 0.29) is 12.6 Å². The summed E-state index contributed by atoms with van der Waals surface area (Å²) < 4.78 is 2.03. The summed E-state index contributed by atoms with van der Waals surface area (Å²) in [7, 11) is 0. The molecule has 4 aromatic rings. The van der Waals surface area contributed by atoms with E-state index in [4.69, 9.17) is 5.26 Å². The molecule has 32 heavy (non-hydrogen) atoms. The highest BCUT2D eigenvalue weighted by molar-refractivity contribution is 5.86. The molecule has 1 atom stereocenters. The van der Waals surface area contributed by atoms with Crippen LogP contribution in [0, 0.1) is 11.3 Å². The van der Waals surface area contributed by atoms with Crippen LogP contribution in [0.5, 0.6) is 0 Å². The second-order valence-electron chi connectivity index (χ2n) is 7.77. The first-order valence-electron chi connectivity index (χ1n) is 10.8. The lowest BCUT2D eigenvalue weighted by molar-refractivity contribution is 0.272. The molecule has 7 nitrogen and oxygen atoms in total. The normalized spacial score (nSPS) is 11.9. The number of nitrogens with zero attached hydrogens (tertiary/aromatic N) is 5. The van der Waals surface area contributed by atoms with E-state index in [1.54, 1.807) is 12.5 Å². The van der Waals surface area contributed by atoms with E-state index in [9.17, 15) is 5.11 Å². The first-order chi connectivity index (χ1) is 15.7. The Balaban J connectivity index is 1.41. The van der Waals surface area contributed by atoms with Crippen molar-refractivity contribution in [3.63, 3.8) is 0 Å². The number of benzene rings is 2. The van der Waals surface area contributed by atoms with Crippen molar-refractivity contribution in [2.24, 2.45) is 0 Å². The van der Waals surface area contributed by atoms with E-state index in [0.29, 0.717) is 18.8 Å². The number of hydrogen-bond donors (Lipinski definition) is 2. The van der Waals surface area contributed by atoms with Gasteiger partial charge in [0.2, 0.25) is 5.95 Å². The molecule has 4 rings (SSSR count). The first kappa shape index (κ1) is 21.5. The van der Waals surface area contributed by atoms with E-state index in [0.717, 1.165) is 41.7 Å². The van der Waals surface area contributed by atoms with Crippen molar-refractivity contribution >= 4 is 16.7 Å². The molecule has 0 amide bonds. The summed E-state index contributed by atoms with van der Waals surface area (Å²) >= 11 is 0. The number of fused-ring (bicyclic) bond motifs is 1. The van der Waals surface area contributed by atoms with Gasteiger partial charge in [0.15, 0.2) is 0 Å². The van der Waals surface area contributed by atoms with Crippen LogP contribution in [0.2, 0.25) is 0 Å². The predicted molar refractivity (Wildman–Crippen MR) is 125 cm³/mol. The SMILES string of the molecule is N#CCCCCn1cnc(CC(CO)Nc2nccc(-c3ccc4ccccc4c3)n2)c1. The van der Waals surface area contributed by atoms with Gasteiger partial charge in [0.1, 0.15) is 0 Å². The average Bonchev–Trinajstić information content (AvgIpc) is 3.28. The fourth-order valence-corrected chi connectivity index (χ4v) is 3.67. The number of nitriles is 1. The quantitative estimate of drug-likeness (QED) is 0.369. The second kappa shape index (κ2) is 10.5. The third kappa shape index (κ3) is 5.48. The standard InChI is InChI=1S/C25H26N6O/c26-11-4-1-5-13-31-16-22(28-18-31)15-23(17-32)29-25-27-12-10-24(30-25)21-9-8-19-6-2-3-7-20(19)14-21/h2-3,6-10,12,14,16,18,23,32H,1,4-5,13,15,17H2,(H,27,29,30). The van der Waals surface area contributed by atoms with E-state index in [2.05, 4.69) is 56.7 Å². The minimum atomic E-state index is -0.246. The Morgan fingerprint density at radius 2 is 1.94 bits per heavy atom. The molecule has 0 aliphatic heterocycles. The maximum absolute atomic E-state index is 9.88. The topological polar surface area (TPSA) is 99.7 Å². The second-order valence-corrected chi connectivity index (χ2v) is 7.77. The molecular formula is C25H26N6O. The summed E-state index contributed by atoms with van der Waals surface area (Å²) in [5, 5.41) is 24.1. The molecule has 2 N–H and O–H groups in total. The Kier molecular flexibility index (Phi) is 7.05. The van der Waals surface area contributed by atoms with Crippen molar-refractivity contribution in [3.05, 3.63) is 72.9 Å². The van der Waals surface area contributed by atoms with Crippen LogP contribution in [0.4, 0.5) is 5.95 Å². The van der Waals surface area contributed by atoms with Crippen molar-refractivity contribution in [1.29, 1.82) is 5.26 Å². The number of unbranched alkanes of at least 4 members (excludes halogenated alkanes) is 2. The molecule has 2 aromatic carbocycles. The van der Waals surface area contributed by atoms with Crippen molar-refractivity contribution < 1.29 is 5.11 Å². The zero-order chi connectivity index (χ0) is 22.2. The minimum absolute atomic E-state index is 0.0570. The van der Waals surface area contributed by atoms with Gasteiger partial charge in [0.25, 0.3) is 0 Å². The van der Waals surface area contributed by atoms with Crippen molar-refractivity contribution in [2.45, 2.75) is 38.3 Å².